The summed E-state index contributed by atoms with van der Waals surface area (Å²) in [6.07, 6.45) is 1.37. The Morgan fingerprint density at radius 2 is 1.78 bits per heavy atom. The van der Waals surface area contributed by atoms with Crippen LogP contribution in [-0.4, -0.2) is 31.1 Å². The highest BCUT2D eigenvalue weighted by Crippen LogP contribution is 2.28. The van der Waals surface area contributed by atoms with Gasteiger partial charge >= 0.3 is 0 Å². The van der Waals surface area contributed by atoms with Crippen molar-refractivity contribution < 1.29 is 0 Å². The van der Waals surface area contributed by atoms with Gasteiger partial charge in [0.1, 0.15) is 0 Å². The molecule has 0 saturated carbocycles. The van der Waals surface area contributed by atoms with E-state index in [1.807, 2.05) is 0 Å². The third kappa shape index (κ3) is 3.61. The molecule has 4 heteroatoms. The lowest BCUT2D eigenvalue weighted by molar-refractivity contribution is 0.313. The van der Waals surface area contributed by atoms with Crippen LogP contribution in [0.4, 0.5) is 0 Å². The fourth-order valence-corrected chi connectivity index (χ4v) is 3.14. The molecule has 2 saturated heterocycles. The van der Waals surface area contributed by atoms with Crippen molar-refractivity contribution in [1.82, 2.24) is 10.2 Å². The lowest BCUT2D eigenvalue weighted by Gasteiger charge is -2.24. The molecule has 102 valence electrons. The van der Waals surface area contributed by atoms with Crippen molar-refractivity contribution in [2.24, 2.45) is 11.8 Å². The number of piperidine rings is 1. The molecule has 0 aromatic heterocycles. The molecule has 2 heterocycles. The Bertz CT molecular complexity index is 331. The molecule has 0 spiro atoms. The van der Waals surface area contributed by atoms with E-state index < -0.39 is 0 Å². The average molecular weight is 289 g/mol. The standard InChI is InChI=1S/C14H20N2.2ClH/c1-2-4-12(5-3-1)9-16-10-13-6-7-15-8-14(13)11-16;;/h1-5,13-15H,6-11H2;2*1H. The highest BCUT2D eigenvalue weighted by molar-refractivity contribution is 5.85. The van der Waals surface area contributed by atoms with Gasteiger partial charge in [-0.2, -0.15) is 0 Å². The van der Waals surface area contributed by atoms with E-state index in [-0.39, 0.29) is 24.8 Å². The molecule has 3 rings (SSSR count). The van der Waals surface area contributed by atoms with Gasteiger partial charge < -0.3 is 5.32 Å². The second-order valence-corrected chi connectivity index (χ2v) is 5.19. The highest BCUT2D eigenvalue weighted by Gasteiger charge is 2.33. The van der Waals surface area contributed by atoms with E-state index in [2.05, 4.69) is 40.5 Å². The monoisotopic (exact) mass is 288 g/mol. The van der Waals surface area contributed by atoms with Crippen molar-refractivity contribution in [3.8, 4) is 0 Å². The van der Waals surface area contributed by atoms with Crippen LogP contribution in [0.2, 0.25) is 0 Å². The second-order valence-electron chi connectivity index (χ2n) is 5.19. The predicted octanol–water partition coefficient (Wildman–Crippen LogP) is 2.57. The molecule has 18 heavy (non-hydrogen) atoms. The van der Waals surface area contributed by atoms with Crippen LogP contribution in [0.3, 0.4) is 0 Å². The van der Waals surface area contributed by atoms with Gasteiger partial charge in [-0.1, -0.05) is 30.3 Å². The minimum Gasteiger partial charge on any atom is -0.316 e. The highest BCUT2D eigenvalue weighted by atomic mass is 35.5. The van der Waals surface area contributed by atoms with E-state index in [4.69, 9.17) is 0 Å². The zero-order chi connectivity index (χ0) is 10.8. The first kappa shape index (κ1) is 15.8. The summed E-state index contributed by atoms with van der Waals surface area (Å²) >= 11 is 0. The largest absolute Gasteiger partial charge is 0.316 e. The molecule has 2 nitrogen and oxygen atoms in total. The van der Waals surface area contributed by atoms with Gasteiger partial charge in [0, 0.05) is 19.6 Å². The maximum absolute atomic E-state index is 3.51. The number of fused-ring (bicyclic) bond motifs is 1. The molecule has 0 radical (unpaired) electrons. The molecule has 0 amide bonds. The summed E-state index contributed by atoms with van der Waals surface area (Å²) in [5.74, 6) is 1.85. The van der Waals surface area contributed by atoms with Crippen molar-refractivity contribution in [2.45, 2.75) is 13.0 Å². The molecule has 1 aromatic rings. The van der Waals surface area contributed by atoms with Crippen LogP contribution in [0, 0.1) is 11.8 Å². The summed E-state index contributed by atoms with van der Waals surface area (Å²) in [6, 6.07) is 10.8. The van der Waals surface area contributed by atoms with Gasteiger partial charge in [-0.05, 0) is 36.9 Å². The molecule has 2 aliphatic heterocycles. The third-order valence-corrected chi connectivity index (χ3v) is 4.00. The molecule has 2 atom stereocenters. The first-order chi connectivity index (χ1) is 7.92. The Labute approximate surface area is 122 Å². The normalized spacial score (nSPS) is 26.9. The van der Waals surface area contributed by atoms with Crippen LogP contribution >= 0.6 is 24.8 Å². The topological polar surface area (TPSA) is 15.3 Å². The minimum absolute atomic E-state index is 0. The Hall–Kier alpha value is -0.280. The molecule has 0 bridgehead atoms. The first-order valence-corrected chi connectivity index (χ1v) is 6.39. The quantitative estimate of drug-likeness (QED) is 0.900. The lowest BCUT2D eigenvalue weighted by atomic mass is 9.90. The maximum Gasteiger partial charge on any atom is 0.0233 e. The second kappa shape index (κ2) is 7.34. The van der Waals surface area contributed by atoms with Gasteiger partial charge in [0.25, 0.3) is 0 Å². The van der Waals surface area contributed by atoms with Crippen LogP contribution in [-0.2, 0) is 6.54 Å². The number of benzene rings is 1. The van der Waals surface area contributed by atoms with Gasteiger partial charge in [0.2, 0.25) is 0 Å². The van der Waals surface area contributed by atoms with Gasteiger partial charge in [-0.25, -0.2) is 0 Å². The Kier molecular flexibility index (Phi) is 6.44. The van der Waals surface area contributed by atoms with E-state index in [0.29, 0.717) is 0 Å². The van der Waals surface area contributed by atoms with Crippen LogP contribution in [0.15, 0.2) is 30.3 Å². The Morgan fingerprint density at radius 3 is 2.50 bits per heavy atom. The molecule has 1 aromatic carbocycles. The number of rotatable bonds is 2. The molecule has 1 N–H and O–H groups in total. The molecule has 2 fully saturated rings. The van der Waals surface area contributed by atoms with Crippen molar-refractivity contribution in [1.29, 1.82) is 0 Å². The van der Waals surface area contributed by atoms with Crippen LogP contribution < -0.4 is 5.32 Å². The SMILES string of the molecule is Cl.Cl.c1ccc(CN2CC3CCNCC3C2)cc1. The summed E-state index contributed by atoms with van der Waals surface area (Å²) in [6.45, 7) is 6.18. The summed E-state index contributed by atoms with van der Waals surface area (Å²) < 4.78 is 0. The Balaban J connectivity index is 0.000000810. The Morgan fingerprint density at radius 1 is 1.06 bits per heavy atom. The average Bonchev–Trinajstić information content (AvgIpc) is 2.72. The number of nitrogens with zero attached hydrogens (tertiary/aromatic N) is 1. The molecule has 0 aliphatic carbocycles. The molecular formula is C14H22Cl2N2. The third-order valence-electron chi connectivity index (χ3n) is 4.00. The smallest absolute Gasteiger partial charge is 0.0233 e. The molecule has 2 aliphatic rings. The van der Waals surface area contributed by atoms with Gasteiger partial charge in [-0.15, -0.1) is 24.8 Å². The predicted molar refractivity (Wildman–Crippen MR) is 80.7 cm³/mol. The van der Waals surface area contributed by atoms with Crippen molar-refractivity contribution >= 4 is 24.8 Å². The fourth-order valence-electron chi connectivity index (χ4n) is 3.14. The van der Waals surface area contributed by atoms with Crippen LogP contribution in [0.1, 0.15) is 12.0 Å². The molecular weight excluding hydrogens is 267 g/mol. The number of nitrogens with one attached hydrogen (secondary N) is 1. The summed E-state index contributed by atoms with van der Waals surface area (Å²) in [5, 5.41) is 3.51. The zero-order valence-electron chi connectivity index (χ0n) is 10.5. The van der Waals surface area contributed by atoms with E-state index >= 15 is 0 Å². The zero-order valence-corrected chi connectivity index (χ0v) is 12.2. The van der Waals surface area contributed by atoms with Gasteiger partial charge in [0.15, 0.2) is 0 Å². The van der Waals surface area contributed by atoms with E-state index in [0.717, 1.165) is 18.4 Å². The number of halogens is 2. The van der Waals surface area contributed by atoms with E-state index in [1.54, 1.807) is 0 Å². The van der Waals surface area contributed by atoms with Crippen LogP contribution in [0.25, 0.3) is 0 Å². The van der Waals surface area contributed by atoms with Crippen molar-refractivity contribution in [3.63, 3.8) is 0 Å². The van der Waals surface area contributed by atoms with Crippen LogP contribution in [0.5, 0.6) is 0 Å². The van der Waals surface area contributed by atoms with Crippen molar-refractivity contribution in [3.05, 3.63) is 35.9 Å². The number of hydrogen-bond donors (Lipinski definition) is 1. The lowest BCUT2D eigenvalue weighted by Crippen LogP contribution is -2.35. The summed E-state index contributed by atoms with van der Waals surface area (Å²) in [4.78, 5) is 2.62. The maximum atomic E-state index is 3.51. The number of hydrogen-bond acceptors (Lipinski definition) is 2. The van der Waals surface area contributed by atoms with Gasteiger partial charge in [0.05, 0.1) is 0 Å². The van der Waals surface area contributed by atoms with E-state index in [9.17, 15) is 0 Å². The van der Waals surface area contributed by atoms with Crippen molar-refractivity contribution in [2.75, 3.05) is 26.2 Å². The minimum atomic E-state index is 0. The van der Waals surface area contributed by atoms with Gasteiger partial charge in [-0.3, -0.25) is 4.90 Å². The summed E-state index contributed by atoms with van der Waals surface area (Å²) in [7, 11) is 0. The van der Waals surface area contributed by atoms with E-state index in [1.165, 1.54) is 38.2 Å². The first-order valence-electron chi connectivity index (χ1n) is 6.39. The number of likely N-dealkylation sites (tertiary alicyclic amines) is 1. The fraction of sp³-hybridized carbons (Fsp3) is 0.571. The summed E-state index contributed by atoms with van der Waals surface area (Å²) in [5.41, 5.74) is 1.45. The molecule has 2 unspecified atom stereocenters.